The number of unbranched alkanes of at least 4 members (excludes halogenated alkanes) is 5. The maximum Gasteiger partial charge on any atom is 0.413 e. The van der Waals surface area contributed by atoms with Crippen molar-refractivity contribution < 1.29 is 35.8 Å². The van der Waals surface area contributed by atoms with E-state index in [-0.39, 0.29) is 24.2 Å². The molecular weight excluding hydrogens is 514 g/mol. The van der Waals surface area contributed by atoms with Gasteiger partial charge in [0.25, 0.3) is 0 Å². The normalized spacial score (nSPS) is 23.4. The van der Waals surface area contributed by atoms with Crippen molar-refractivity contribution in [2.45, 2.75) is 62.0 Å². The van der Waals surface area contributed by atoms with Crippen LogP contribution in [-0.2, 0) is 11.1 Å². The van der Waals surface area contributed by atoms with Crippen LogP contribution in [0.1, 0.15) is 49.7 Å². The van der Waals surface area contributed by atoms with Gasteiger partial charge in [-0.25, -0.2) is 10.9 Å². The van der Waals surface area contributed by atoms with E-state index in [1.807, 2.05) is 0 Å². The van der Waals surface area contributed by atoms with Crippen molar-refractivity contribution >= 4 is 0 Å². The van der Waals surface area contributed by atoms with Crippen molar-refractivity contribution in [3.05, 3.63) is 59.7 Å². The minimum absolute atomic E-state index is 0.149. The fourth-order valence-electron chi connectivity index (χ4n) is 4.51. The lowest BCUT2D eigenvalue weighted by Gasteiger charge is -2.45. The van der Waals surface area contributed by atoms with Crippen molar-refractivity contribution in [2.24, 2.45) is 0 Å². The number of halogens is 6. The highest BCUT2D eigenvalue weighted by Gasteiger charge is 2.61. The zero-order valence-corrected chi connectivity index (χ0v) is 20.8. The molecule has 38 heavy (non-hydrogen) atoms. The van der Waals surface area contributed by atoms with E-state index in [0.29, 0.717) is 24.7 Å². The third kappa shape index (κ3) is 6.03. The minimum atomic E-state index is -4.40. The predicted molar refractivity (Wildman–Crippen MR) is 129 cm³/mol. The van der Waals surface area contributed by atoms with Crippen LogP contribution in [0.4, 0.5) is 26.3 Å². The summed E-state index contributed by atoms with van der Waals surface area (Å²) in [7, 11) is 0. The Balaban J connectivity index is 1.05. The molecule has 0 spiro atoms. The van der Waals surface area contributed by atoms with Crippen molar-refractivity contribution in [1.29, 1.82) is 0 Å². The molecule has 12 heteroatoms. The highest BCUT2D eigenvalue weighted by Crippen LogP contribution is 2.42. The number of ether oxygens (including phenoxy) is 2. The summed E-state index contributed by atoms with van der Waals surface area (Å²) in [6.07, 6.45) is -3.14. The highest BCUT2D eigenvalue weighted by atomic mass is 19.4. The first-order chi connectivity index (χ1) is 18.1. The Morgan fingerprint density at radius 1 is 0.553 bits per heavy atom. The summed E-state index contributed by atoms with van der Waals surface area (Å²) in [6.45, 7) is 0.559. The summed E-state index contributed by atoms with van der Waals surface area (Å²) in [5.74, 6) is 1.08. The Labute approximate surface area is 217 Å². The molecule has 2 aliphatic rings. The van der Waals surface area contributed by atoms with E-state index in [4.69, 9.17) is 9.47 Å². The first-order valence-corrected chi connectivity index (χ1v) is 12.7. The number of benzene rings is 2. The second kappa shape index (κ2) is 11.7. The lowest BCUT2D eigenvalue weighted by Crippen LogP contribution is -2.73. The standard InChI is InChI=1S/C26H32F6N4O2/c27-25(28,29)23(17-33-35-23)19-7-11-21(12-8-19)37-15-5-3-1-2-4-6-16-38-22-13-9-20(10-14-22)24(18-34-36-24)26(30,31)32/h7-14,33-36H,1-6,15-18H2. The van der Waals surface area contributed by atoms with Gasteiger partial charge in [-0.3, -0.25) is 10.9 Å². The molecule has 2 atom stereocenters. The quantitative estimate of drug-likeness (QED) is 0.204. The summed E-state index contributed by atoms with van der Waals surface area (Å²) in [6, 6.07) is 12.0. The predicted octanol–water partition coefficient (Wildman–Crippen LogP) is 5.22. The van der Waals surface area contributed by atoms with Gasteiger partial charge in [0.05, 0.1) is 13.2 Å². The van der Waals surface area contributed by atoms with Gasteiger partial charge in [-0.15, -0.1) is 0 Å². The van der Waals surface area contributed by atoms with Crippen molar-refractivity contribution in [2.75, 3.05) is 26.3 Å². The maximum absolute atomic E-state index is 13.4. The Morgan fingerprint density at radius 3 is 1.13 bits per heavy atom. The fraction of sp³-hybridized carbons (Fsp3) is 0.538. The van der Waals surface area contributed by atoms with Crippen LogP contribution in [-0.4, -0.2) is 38.7 Å². The Kier molecular flexibility index (Phi) is 8.75. The molecule has 0 bridgehead atoms. The largest absolute Gasteiger partial charge is 0.494 e. The maximum atomic E-state index is 13.4. The molecule has 6 nitrogen and oxygen atoms in total. The van der Waals surface area contributed by atoms with Crippen LogP contribution in [0.25, 0.3) is 0 Å². The topological polar surface area (TPSA) is 66.6 Å². The molecule has 2 heterocycles. The van der Waals surface area contributed by atoms with Crippen LogP contribution >= 0.6 is 0 Å². The molecule has 2 saturated heterocycles. The number of alkyl halides is 6. The minimum Gasteiger partial charge on any atom is -0.494 e. The van der Waals surface area contributed by atoms with E-state index in [1.54, 1.807) is 24.3 Å². The summed E-state index contributed by atoms with van der Waals surface area (Å²) in [4.78, 5) is 0. The summed E-state index contributed by atoms with van der Waals surface area (Å²) >= 11 is 0. The van der Waals surface area contributed by atoms with Gasteiger partial charge in [-0.1, -0.05) is 49.9 Å². The Hall–Kier alpha value is -2.54. The van der Waals surface area contributed by atoms with Gasteiger partial charge in [-0.05, 0) is 48.2 Å². The van der Waals surface area contributed by atoms with Crippen LogP contribution in [0, 0.1) is 0 Å². The molecule has 0 radical (unpaired) electrons. The number of hydrogen-bond donors (Lipinski definition) is 4. The molecule has 0 aliphatic carbocycles. The lowest BCUT2D eigenvalue weighted by molar-refractivity contribution is -0.226. The first kappa shape index (κ1) is 28.5. The number of rotatable bonds is 13. The van der Waals surface area contributed by atoms with Gasteiger partial charge in [-0.2, -0.15) is 26.3 Å². The third-order valence-electron chi connectivity index (χ3n) is 7.05. The average molecular weight is 547 g/mol. The van der Waals surface area contributed by atoms with Crippen LogP contribution in [0.15, 0.2) is 48.5 Å². The second-order valence-electron chi connectivity index (χ2n) is 9.63. The molecule has 2 aliphatic heterocycles. The second-order valence-corrected chi connectivity index (χ2v) is 9.63. The molecular formula is C26H32F6N4O2. The molecule has 2 fully saturated rings. The average Bonchev–Trinajstić information content (AvgIpc) is 2.79. The molecule has 210 valence electrons. The van der Waals surface area contributed by atoms with Crippen LogP contribution in [0.3, 0.4) is 0 Å². The van der Waals surface area contributed by atoms with Gasteiger partial charge in [0.1, 0.15) is 11.5 Å². The fourth-order valence-corrected chi connectivity index (χ4v) is 4.51. The monoisotopic (exact) mass is 546 g/mol. The van der Waals surface area contributed by atoms with E-state index in [0.717, 1.165) is 38.5 Å². The molecule has 4 rings (SSSR count). The van der Waals surface area contributed by atoms with E-state index >= 15 is 0 Å². The van der Waals surface area contributed by atoms with Gasteiger partial charge in [0.15, 0.2) is 11.1 Å². The van der Waals surface area contributed by atoms with Crippen LogP contribution in [0.2, 0.25) is 0 Å². The molecule has 4 N–H and O–H groups in total. The summed E-state index contributed by atoms with van der Waals surface area (Å²) in [5, 5.41) is 0. The van der Waals surface area contributed by atoms with Crippen molar-refractivity contribution in [1.82, 2.24) is 21.7 Å². The van der Waals surface area contributed by atoms with Crippen LogP contribution < -0.4 is 31.2 Å². The summed E-state index contributed by atoms with van der Waals surface area (Å²) in [5.41, 5.74) is 5.70. The van der Waals surface area contributed by atoms with Gasteiger partial charge < -0.3 is 9.47 Å². The first-order valence-electron chi connectivity index (χ1n) is 12.7. The number of nitrogens with one attached hydrogen (secondary N) is 4. The molecule has 2 unspecified atom stereocenters. The van der Waals surface area contributed by atoms with Crippen molar-refractivity contribution in [3.63, 3.8) is 0 Å². The molecule has 2 aromatic carbocycles. The number of hydrazine groups is 2. The smallest absolute Gasteiger partial charge is 0.413 e. The third-order valence-corrected chi connectivity index (χ3v) is 7.05. The summed E-state index contributed by atoms with van der Waals surface area (Å²) < 4.78 is 91.5. The SMILES string of the molecule is FC(F)(F)C1(c2ccc(OCCCCCCCCOc3ccc(C4(C(F)(F)F)CNN4)cc3)cc2)CNN1. The van der Waals surface area contributed by atoms with Gasteiger partial charge in [0.2, 0.25) is 0 Å². The Morgan fingerprint density at radius 2 is 0.868 bits per heavy atom. The van der Waals surface area contributed by atoms with Gasteiger partial charge >= 0.3 is 12.4 Å². The van der Waals surface area contributed by atoms with Crippen molar-refractivity contribution in [3.8, 4) is 11.5 Å². The molecule has 0 aromatic heterocycles. The van der Waals surface area contributed by atoms with Crippen LogP contribution in [0.5, 0.6) is 11.5 Å². The lowest BCUT2D eigenvalue weighted by atomic mass is 9.87. The molecule has 2 aromatic rings. The molecule has 0 saturated carbocycles. The van der Waals surface area contributed by atoms with E-state index in [1.165, 1.54) is 24.3 Å². The van der Waals surface area contributed by atoms with E-state index < -0.39 is 23.4 Å². The number of hydrogen-bond acceptors (Lipinski definition) is 6. The zero-order valence-electron chi connectivity index (χ0n) is 20.8. The highest BCUT2D eigenvalue weighted by molar-refractivity contribution is 5.36. The zero-order chi connectivity index (χ0) is 27.3. The van der Waals surface area contributed by atoms with E-state index in [2.05, 4.69) is 21.7 Å². The van der Waals surface area contributed by atoms with Gasteiger partial charge in [0, 0.05) is 13.1 Å². The Bertz CT molecular complexity index is 937. The molecule has 0 amide bonds. The van der Waals surface area contributed by atoms with E-state index in [9.17, 15) is 26.3 Å².